The Kier molecular flexibility index (Phi) is 45.5. The predicted molar refractivity (Wildman–Crippen MR) is 398 cm³/mol. The highest BCUT2D eigenvalue weighted by atomic mass is 16.5. The molecule has 1 saturated heterocycles. The maximum atomic E-state index is 14.7. The molecule has 1 fully saturated rings. The van der Waals surface area contributed by atoms with Crippen molar-refractivity contribution in [1.82, 2.24) is 63.5 Å². The second-order valence-electron chi connectivity index (χ2n) is 26.4. The average molecular weight is 1470 g/mol. The van der Waals surface area contributed by atoms with Gasteiger partial charge in [-0.25, -0.2) is 0 Å². The van der Waals surface area contributed by atoms with E-state index < -0.39 is 109 Å². The second kappa shape index (κ2) is 53.9. The number of aromatic amines is 1. The number of fused-ring (bicyclic) bond motifs is 1. The smallest absolute Gasteiger partial charge is 0.246 e. The minimum atomic E-state index is -1.54. The lowest BCUT2D eigenvalue weighted by atomic mass is 10.0. The Morgan fingerprint density at radius 2 is 1.10 bits per heavy atom. The zero-order chi connectivity index (χ0) is 76.2. The van der Waals surface area contributed by atoms with Gasteiger partial charge in [0.1, 0.15) is 55.5 Å². The number of H-pyrrole nitrogens is 1. The number of rotatable bonds is 46. The molecule has 1 aliphatic heterocycles. The fourth-order valence-electron chi connectivity index (χ4n) is 11.7. The lowest BCUT2D eigenvalue weighted by Crippen LogP contribution is -2.61. The van der Waals surface area contributed by atoms with E-state index in [1.807, 2.05) is 31.2 Å². The zero-order valence-electron chi connectivity index (χ0n) is 61.7. The zero-order valence-corrected chi connectivity index (χ0v) is 61.7. The van der Waals surface area contributed by atoms with Gasteiger partial charge in [0.15, 0.2) is 5.96 Å². The van der Waals surface area contributed by atoms with Gasteiger partial charge in [0, 0.05) is 75.5 Å². The van der Waals surface area contributed by atoms with Crippen LogP contribution in [0.4, 0.5) is 0 Å². The molecule has 0 radical (unpaired) electrons. The van der Waals surface area contributed by atoms with E-state index in [1.54, 1.807) is 36.5 Å². The Balaban J connectivity index is 1.31. The Bertz CT molecular complexity index is 3100. The summed E-state index contributed by atoms with van der Waals surface area (Å²) >= 11 is 0. The van der Waals surface area contributed by atoms with Crippen LogP contribution in [-0.2, 0) is 84.5 Å². The topological polar surface area (TPSA) is 475 Å². The van der Waals surface area contributed by atoms with Gasteiger partial charge in [-0.15, -0.1) is 0 Å². The summed E-state index contributed by atoms with van der Waals surface area (Å²) in [5, 5.41) is 38.2. The molecule has 1 aliphatic rings. The highest BCUT2D eigenvalue weighted by Gasteiger charge is 2.35. The number of para-hydroxylation sites is 1. The Morgan fingerprint density at radius 3 is 1.74 bits per heavy atom. The number of amides is 11. The summed E-state index contributed by atoms with van der Waals surface area (Å²) in [6.07, 6.45) is 19.6. The summed E-state index contributed by atoms with van der Waals surface area (Å²) in [6, 6.07) is 6.31. The molecule has 0 saturated carbocycles. The lowest BCUT2D eigenvalue weighted by Gasteiger charge is -2.28. The molecule has 11 amide bonds. The van der Waals surface area contributed by atoms with Crippen LogP contribution in [0.25, 0.3) is 10.9 Å². The molecule has 105 heavy (non-hydrogen) atoms. The summed E-state index contributed by atoms with van der Waals surface area (Å²) in [7, 11) is 0. The van der Waals surface area contributed by atoms with Crippen LogP contribution in [0.2, 0.25) is 0 Å². The number of nitrogens with two attached hydrogens (primary N) is 3. The van der Waals surface area contributed by atoms with Crippen molar-refractivity contribution in [2.24, 2.45) is 17.2 Å². The molecule has 19 N–H and O–H groups in total. The number of hydrogen-bond donors (Lipinski definition) is 16. The number of hydrogen-bond acceptors (Lipinski definition) is 17. The maximum Gasteiger partial charge on any atom is 0.246 e. The van der Waals surface area contributed by atoms with Gasteiger partial charge in [-0.3, -0.25) is 58.1 Å². The van der Waals surface area contributed by atoms with E-state index in [2.05, 4.69) is 70.4 Å². The van der Waals surface area contributed by atoms with Crippen molar-refractivity contribution in [3.05, 3.63) is 71.9 Å². The molecule has 0 spiro atoms. The molecule has 586 valence electrons. The van der Waals surface area contributed by atoms with Crippen LogP contribution in [0, 0.1) is 5.41 Å². The van der Waals surface area contributed by atoms with E-state index in [0.29, 0.717) is 50.0 Å². The van der Waals surface area contributed by atoms with Crippen molar-refractivity contribution in [3.63, 3.8) is 0 Å². The lowest BCUT2D eigenvalue weighted by molar-refractivity contribution is -0.136. The van der Waals surface area contributed by atoms with Crippen molar-refractivity contribution >= 4 is 81.8 Å². The van der Waals surface area contributed by atoms with Crippen LogP contribution in [0.5, 0.6) is 0 Å². The standard InChI is InChI=1S/C74H120N16O15/c1-3-5-7-8-9-10-11-12-13-14-15-16-20-33-63(91)80-38-40-102-42-44-104-50-65(93)81-39-41-103-43-45-105-51-66(94)84-57(29-6-4-2)68(96)87-59-34-35-64(92)79-36-24-23-31-56(67(76)95)85-72(100)61(47-53-49-83-55-30-22-21-28-54(53)55)89-69(97)58(32-25-37-82-74(77)78)86-71(99)60(46-52-26-18-17-19-27-52)88-73(101)62(48-75)90-70(59)98/h17-19,21-22,26-28,30,49,56-62,83H,3-16,20,23-25,29,31-48,50-51,75H2,1-2H3,(H2,76,95)(H,79,92)(H,80,91)(H,81,93)(H,84,94)(H,85,100)(H,86,99)(H,87,96)(H,88,101)(H,89,97)(H,90,98)(H4,77,78,82)/t56-,57-,58-,59-,60+,61-,62-/m0/s1. The van der Waals surface area contributed by atoms with Crippen LogP contribution in [-0.4, -0.2) is 204 Å². The summed E-state index contributed by atoms with van der Waals surface area (Å²) in [4.78, 5) is 154. The molecule has 1 aromatic heterocycles. The number of benzene rings is 2. The molecule has 2 heterocycles. The molecule has 31 heteroatoms. The summed E-state index contributed by atoms with van der Waals surface area (Å²) in [5.41, 5.74) is 19.5. The quantitative estimate of drug-likeness (QED) is 0.0219. The molecule has 7 atom stereocenters. The highest BCUT2D eigenvalue weighted by molar-refractivity contribution is 5.98. The number of nitrogens with one attached hydrogen (secondary N) is 13. The van der Waals surface area contributed by atoms with Crippen LogP contribution in [0.3, 0.4) is 0 Å². The SMILES string of the molecule is CCCCCCCCCCCCCCCC(=O)NCCOCCOCC(=O)NCCOCCOCC(=O)N[C@@H](CCCC)C(=O)N[C@H]1CCC(=O)NCCCC[C@@H](C(N)=O)NC(=O)[C@H](Cc2c[nH]c3ccccc23)NC(=O)[C@H](CCCNC(=N)N)NC(=O)[C@@H](Cc2ccccc2)NC(=O)[C@H](CN)NC1=O. The molecule has 0 bridgehead atoms. The Morgan fingerprint density at radius 1 is 0.552 bits per heavy atom. The average Bonchev–Trinajstić information content (AvgIpc) is 1.54. The number of carbonyl (C=O) groups is 11. The van der Waals surface area contributed by atoms with Gasteiger partial charge in [0.25, 0.3) is 0 Å². The van der Waals surface area contributed by atoms with Gasteiger partial charge >= 0.3 is 0 Å². The molecule has 2 aromatic carbocycles. The van der Waals surface area contributed by atoms with Crippen molar-refractivity contribution in [2.45, 2.75) is 223 Å². The molecule has 31 nitrogen and oxygen atoms in total. The maximum absolute atomic E-state index is 14.7. The minimum Gasteiger partial charge on any atom is -0.377 e. The number of unbranched alkanes of at least 4 members (excludes halogenated alkanes) is 13. The normalized spacial score (nSPS) is 18.5. The van der Waals surface area contributed by atoms with E-state index in [-0.39, 0.29) is 135 Å². The van der Waals surface area contributed by atoms with Gasteiger partial charge in [0.05, 0.1) is 39.6 Å². The molecule has 0 unspecified atom stereocenters. The number of aromatic nitrogens is 1. The monoisotopic (exact) mass is 1470 g/mol. The first-order chi connectivity index (χ1) is 50.8. The van der Waals surface area contributed by atoms with Crippen LogP contribution >= 0.6 is 0 Å². The van der Waals surface area contributed by atoms with Crippen LogP contribution in [0.1, 0.15) is 179 Å². The van der Waals surface area contributed by atoms with Crippen LogP contribution in [0.15, 0.2) is 60.8 Å². The second-order valence-corrected chi connectivity index (χ2v) is 26.4. The number of ether oxygens (including phenoxy) is 4. The van der Waals surface area contributed by atoms with E-state index >= 15 is 0 Å². The van der Waals surface area contributed by atoms with Gasteiger partial charge in [-0.1, -0.05) is 152 Å². The van der Waals surface area contributed by atoms with Gasteiger partial charge < -0.3 is 99.6 Å². The first-order valence-corrected chi connectivity index (χ1v) is 37.7. The van der Waals surface area contributed by atoms with Crippen LogP contribution < -0.4 is 75.7 Å². The Labute approximate surface area is 617 Å². The summed E-state index contributed by atoms with van der Waals surface area (Å²) in [5.74, 6) is -7.80. The molecule has 0 aliphatic carbocycles. The fraction of sp³-hybridized carbons (Fsp3) is 0.649. The summed E-state index contributed by atoms with van der Waals surface area (Å²) in [6.45, 7) is 4.67. The first kappa shape index (κ1) is 88.6. The Hall–Kier alpha value is -8.78. The van der Waals surface area contributed by atoms with Crippen molar-refractivity contribution in [1.29, 1.82) is 5.41 Å². The van der Waals surface area contributed by atoms with Crippen molar-refractivity contribution in [3.8, 4) is 0 Å². The van der Waals surface area contributed by atoms with Crippen molar-refractivity contribution in [2.75, 3.05) is 85.6 Å². The molecular weight excluding hydrogens is 1350 g/mol. The van der Waals surface area contributed by atoms with E-state index in [4.69, 9.17) is 41.6 Å². The van der Waals surface area contributed by atoms with Gasteiger partial charge in [0.2, 0.25) is 65.0 Å². The third-order valence-corrected chi connectivity index (χ3v) is 17.7. The van der Waals surface area contributed by atoms with E-state index in [1.165, 1.54) is 64.2 Å². The van der Waals surface area contributed by atoms with Crippen molar-refractivity contribution < 1.29 is 71.7 Å². The predicted octanol–water partition coefficient (Wildman–Crippen LogP) is 2.10. The molecular formula is C74H120N16O15. The molecule has 3 aromatic rings. The number of guanidine groups is 1. The van der Waals surface area contributed by atoms with Gasteiger partial charge in [-0.2, -0.15) is 0 Å². The fourth-order valence-corrected chi connectivity index (χ4v) is 11.7. The minimum absolute atomic E-state index is 0.0168. The third kappa shape index (κ3) is 38.7. The summed E-state index contributed by atoms with van der Waals surface area (Å²) < 4.78 is 22.0. The number of primary amides is 1. The largest absolute Gasteiger partial charge is 0.377 e. The first-order valence-electron chi connectivity index (χ1n) is 37.7. The molecule has 4 rings (SSSR count). The van der Waals surface area contributed by atoms with E-state index in [9.17, 15) is 52.7 Å². The van der Waals surface area contributed by atoms with Gasteiger partial charge in [-0.05, 0) is 68.6 Å². The van der Waals surface area contributed by atoms with E-state index in [0.717, 1.165) is 30.2 Å². The highest BCUT2D eigenvalue weighted by Crippen LogP contribution is 2.21. The third-order valence-electron chi connectivity index (χ3n) is 17.7. The number of carbonyl (C=O) groups excluding carboxylic acids is 11.